The van der Waals surface area contributed by atoms with E-state index in [0.717, 1.165) is 30.6 Å². The second-order valence-electron chi connectivity index (χ2n) is 3.25. The summed E-state index contributed by atoms with van der Waals surface area (Å²) < 4.78 is 4.61. The second-order valence-corrected chi connectivity index (χ2v) is 3.25. The summed E-state index contributed by atoms with van der Waals surface area (Å²) >= 11 is 0. The molecule has 1 aromatic rings. The molecule has 2 heterocycles. The van der Waals surface area contributed by atoms with E-state index in [9.17, 15) is 4.79 Å². The molecule has 0 amide bonds. The Hall–Kier alpha value is -1.58. The highest BCUT2D eigenvalue weighted by molar-refractivity contribution is 5.87. The lowest BCUT2D eigenvalue weighted by atomic mass is 10.0. The average Bonchev–Trinajstić information content (AvgIpc) is 2.27. The molecule has 0 unspecified atom stereocenters. The van der Waals surface area contributed by atoms with E-state index in [1.807, 2.05) is 0 Å². The lowest BCUT2D eigenvalue weighted by Gasteiger charge is -2.17. The molecule has 0 radical (unpaired) electrons. The number of aromatic nitrogens is 1. The molecule has 4 nitrogen and oxygen atoms in total. The summed E-state index contributed by atoms with van der Waals surface area (Å²) in [5.41, 5.74) is 2.56. The smallest absolute Gasteiger partial charge is 0.356 e. The van der Waals surface area contributed by atoms with E-state index < -0.39 is 0 Å². The van der Waals surface area contributed by atoms with Crippen LogP contribution in [-0.4, -0.2) is 24.6 Å². The number of ether oxygens (including phenoxy) is 1. The molecule has 1 aliphatic rings. The lowest BCUT2D eigenvalue weighted by molar-refractivity contribution is 0.0594. The number of nitrogens with zero attached hydrogens (tertiary/aromatic N) is 1. The molecule has 0 bridgehead atoms. The number of carbonyl (C=O) groups is 1. The van der Waals surface area contributed by atoms with E-state index in [2.05, 4.69) is 15.0 Å². The number of carbonyl (C=O) groups excluding carboxylic acids is 1. The maximum Gasteiger partial charge on any atom is 0.356 e. The van der Waals surface area contributed by atoms with Gasteiger partial charge < -0.3 is 10.1 Å². The van der Waals surface area contributed by atoms with Crippen LogP contribution in [0.2, 0.25) is 0 Å². The van der Waals surface area contributed by atoms with Crippen LogP contribution in [0.15, 0.2) is 12.3 Å². The Morgan fingerprint density at radius 3 is 3.29 bits per heavy atom. The minimum absolute atomic E-state index is 0.377. The van der Waals surface area contributed by atoms with Crippen molar-refractivity contribution in [2.45, 2.75) is 12.8 Å². The molecule has 4 heteroatoms. The van der Waals surface area contributed by atoms with Crippen molar-refractivity contribution in [3.8, 4) is 0 Å². The topological polar surface area (TPSA) is 51.2 Å². The van der Waals surface area contributed by atoms with Gasteiger partial charge in [-0.05, 0) is 24.5 Å². The predicted molar refractivity (Wildman–Crippen MR) is 52.4 cm³/mol. The van der Waals surface area contributed by atoms with Crippen LogP contribution in [0.5, 0.6) is 0 Å². The first-order valence-corrected chi connectivity index (χ1v) is 4.62. The van der Waals surface area contributed by atoms with Crippen LogP contribution < -0.4 is 5.32 Å². The Labute approximate surface area is 82.3 Å². The molecule has 0 saturated carbocycles. The maximum atomic E-state index is 11.2. The van der Waals surface area contributed by atoms with Crippen molar-refractivity contribution < 1.29 is 9.53 Å². The fourth-order valence-electron chi connectivity index (χ4n) is 1.58. The molecule has 1 N–H and O–H groups in total. The van der Waals surface area contributed by atoms with Crippen molar-refractivity contribution in [1.82, 2.24) is 4.98 Å². The molecular weight excluding hydrogens is 180 g/mol. The van der Waals surface area contributed by atoms with Crippen LogP contribution in [0.4, 0.5) is 5.69 Å². The van der Waals surface area contributed by atoms with Gasteiger partial charge >= 0.3 is 5.97 Å². The van der Waals surface area contributed by atoms with Crippen molar-refractivity contribution in [1.29, 1.82) is 0 Å². The van der Waals surface area contributed by atoms with E-state index in [1.54, 1.807) is 12.3 Å². The van der Waals surface area contributed by atoms with Gasteiger partial charge in [0.15, 0.2) is 0 Å². The summed E-state index contributed by atoms with van der Waals surface area (Å²) in [6.07, 6.45) is 3.78. The molecular formula is C10H12N2O2. The van der Waals surface area contributed by atoms with Gasteiger partial charge in [-0.15, -0.1) is 0 Å². The van der Waals surface area contributed by atoms with Crippen LogP contribution in [0.1, 0.15) is 22.5 Å². The first-order chi connectivity index (χ1) is 6.81. The molecule has 0 spiro atoms. The maximum absolute atomic E-state index is 11.2. The number of hydrogen-bond donors (Lipinski definition) is 1. The van der Waals surface area contributed by atoms with E-state index in [0.29, 0.717) is 5.69 Å². The van der Waals surface area contributed by atoms with Crippen molar-refractivity contribution in [3.05, 3.63) is 23.5 Å². The summed E-state index contributed by atoms with van der Waals surface area (Å²) in [6, 6.07) is 1.80. The zero-order chi connectivity index (χ0) is 9.97. The number of nitrogens with one attached hydrogen (secondary N) is 1. The highest BCUT2D eigenvalue weighted by atomic mass is 16.5. The average molecular weight is 192 g/mol. The van der Waals surface area contributed by atoms with Gasteiger partial charge in [0.2, 0.25) is 0 Å². The number of fused-ring (bicyclic) bond motifs is 1. The third kappa shape index (κ3) is 1.55. The summed E-state index contributed by atoms with van der Waals surface area (Å²) in [7, 11) is 1.36. The van der Waals surface area contributed by atoms with Crippen LogP contribution in [0.3, 0.4) is 0 Å². The van der Waals surface area contributed by atoms with Gasteiger partial charge in [-0.1, -0.05) is 0 Å². The van der Waals surface area contributed by atoms with Crippen molar-refractivity contribution in [2.24, 2.45) is 0 Å². The van der Waals surface area contributed by atoms with E-state index in [4.69, 9.17) is 0 Å². The van der Waals surface area contributed by atoms with Gasteiger partial charge in [-0.2, -0.15) is 0 Å². The molecule has 0 aromatic carbocycles. The number of methoxy groups -OCH3 is 1. The van der Waals surface area contributed by atoms with Crippen LogP contribution in [0.25, 0.3) is 0 Å². The minimum Gasteiger partial charge on any atom is -0.464 e. The van der Waals surface area contributed by atoms with Crippen molar-refractivity contribution in [3.63, 3.8) is 0 Å². The van der Waals surface area contributed by atoms with Gasteiger partial charge in [0.1, 0.15) is 5.69 Å². The molecule has 2 rings (SSSR count). The van der Waals surface area contributed by atoms with Crippen LogP contribution in [0, 0.1) is 0 Å². The molecule has 74 valence electrons. The number of pyridine rings is 1. The third-order valence-corrected chi connectivity index (χ3v) is 2.32. The number of rotatable bonds is 1. The Kier molecular flexibility index (Phi) is 2.35. The largest absolute Gasteiger partial charge is 0.464 e. The van der Waals surface area contributed by atoms with Crippen molar-refractivity contribution in [2.75, 3.05) is 19.0 Å². The van der Waals surface area contributed by atoms with E-state index in [1.165, 1.54) is 7.11 Å². The number of esters is 1. The van der Waals surface area contributed by atoms with Gasteiger partial charge in [-0.25, -0.2) is 9.78 Å². The SMILES string of the molecule is COC(=O)c1cc2c(cn1)NCCC2. The number of hydrogen-bond acceptors (Lipinski definition) is 4. The summed E-state index contributed by atoms with van der Waals surface area (Å²) in [5, 5.41) is 3.23. The molecule has 14 heavy (non-hydrogen) atoms. The fourth-order valence-corrected chi connectivity index (χ4v) is 1.58. The lowest BCUT2D eigenvalue weighted by Crippen LogP contribution is -2.14. The summed E-state index contributed by atoms with van der Waals surface area (Å²) in [4.78, 5) is 15.2. The molecule has 0 saturated heterocycles. The minimum atomic E-state index is -0.377. The van der Waals surface area contributed by atoms with Crippen LogP contribution >= 0.6 is 0 Å². The third-order valence-electron chi connectivity index (χ3n) is 2.32. The molecule has 1 aromatic heterocycles. The molecule has 0 atom stereocenters. The number of aryl methyl sites for hydroxylation is 1. The van der Waals surface area contributed by atoms with Crippen molar-refractivity contribution >= 4 is 11.7 Å². The fraction of sp³-hybridized carbons (Fsp3) is 0.400. The van der Waals surface area contributed by atoms with E-state index in [-0.39, 0.29) is 5.97 Å². The molecule has 0 fully saturated rings. The second kappa shape index (κ2) is 3.65. The van der Waals surface area contributed by atoms with Gasteiger partial charge in [0.05, 0.1) is 19.0 Å². The Morgan fingerprint density at radius 1 is 1.64 bits per heavy atom. The predicted octanol–water partition coefficient (Wildman–Crippen LogP) is 1.23. The summed E-state index contributed by atoms with van der Waals surface area (Å²) in [6.45, 7) is 0.978. The van der Waals surface area contributed by atoms with Gasteiger partial charge in [-0.3, -0.25) is 0 Å². The highest BCUT2D eigenvalue weighted by Crippen LogP contribution is 2.21. The Balaban J connectivity index is 2.33. The van der Waals surface area contributed by atoms with Gasteiger partial charge in [0.25, 0.3) is 0 Å². The monoisotopic (exact) mass is 192 g/mol. The Bertz CT molecular complexity index is 363. The summed E-state index contributed by atoms with van der Waals surface area (Å²) in [5.74, 6) is -0.377. The molecule has 0 aliphatic carbocycles. The van der Waals surface area contributed by atoms with Gasteiger partial charge in [0, 0.05) is 6.54 Å². The highest BCUT2D eigenvalue weighted by Gasteiger charge is 2.13. The standard InChI is InChI=1S/C10H12N2O2/c1-14-10(13)8-5-7-3-2-4-11-9(7)6-12-8/h5-6,11H,2-4H2,1H3. The first-order valence-electron chi connectivity index (χ1n) is 4.62. The number of anilines is 1. The zero-order valence-electron chi connectivity index (χ0n) is 8.04. The van der Waals surface area contributed by atoms with E-state index >= 15 is 0 Å². The zero-order valence-corrected chi connectivity index (χ0v) is 8.04. The normalized spacial score (nSPS) is 14.1. The Morgan fingerprint density at radius 2 is 2.50 bits per heavy atom. The first kappa shape index (κ1) is 8.99. The van der Waals surface area contributed by atoms with Crippen LogP contribution in [-0.2, 0) is 11.2 Å². The quantitative estimate of drug-likeness (QED) is 0.680. The molecule has 1 aliphatic heterocycles.